The predicted octanol–water partition coefficient (Wildman–Crippen LogP) is 2.01. The maximum atomic E-state index is 13.2. The molecule has 112 valence electrons. The molecule has 1 heterocycles. The minimum absolute atomic E-state index is 0.229. The van der Waals surface area contributed by atoms with Crippen LogP contribution in [0, 0.1) is 11.6 Å². The van der Waals surface area contributed by atoms with Crippen LogP contribution in [0.2, 0.25) is 0 Å². The Bertz CT molecular complexity index is 736. The van der Waals surface area contributed by atoms with Crippen molar-refractivity contribution >= 4 is 5.82 Å². The maximum absolute atomic E-state index is 13.2. The highest BCUT2D eigenvalue weighted by Crippen LogP contribution is 2.18. The van der Waals surface area contributed by atoms with Gasteiger partial charge in [0, 0.05) is 18.7 Å². The zero-order chi connectivity index (χ0) is 15.6. The summed E-state index contributed by atoms with van der Waals surface area (Å²) >= 11 is 0. The highest BCUT2D eigenvalue weighted by atomic mass is 19.2. The Morgan fingerprint density at radius 2 is 1.95 bits per heavy atom. The van der Waals surface area contributed by atoms with E-state index in [1.54, 1.807) is 13.8 Å². The third-order valence-corrected chi connectivity index (χ3v) is 3.15. The Kier molecular flexibility index (Phi) is 4.21. The molecule has 0 saturated heterocycles. The largest absolute Gasteiger partial charge is 0.365 e. The van der Waals surface area contributed by atoms with Crippen LogP contribution < -0.4 is 16.6 Å². The van der Waals surface area contributed by atoms with Crippen LogP contribution >= 0.6 is 0 Å². The molecule has 0 spiro atoms. The first-order chi connectivity index (χ1) is 9.92. The Morgan fingerprint density at radius 3 is 2.52 bits per heavy atom. The first kappa shape index (κ1) is 15.0. The van der Waals surface area contributed by atoms with Crippen molar-refractivity contribution in [2.24, 2.45) is 0 Å². The van der Waals surface area contributed by atoms with Gasteiger partial charge in [0.25, 0.3) is 5.56 Å². The smallest absolute Gasteiger partial charge is 0.329 e. The monoisotopic (exact) mass is 295 g/mol. The highest BCUT2D eigenvalue weighted by molar-refractivity contribution is 5.36. The van der Waals surface area contributed by atoms with Crippen LogP contribution in [0.3, 0.4) is 0 Å². The zero-order valence-corrected chi connectivity index (χ0v) is 11.6. The van der Waals surface area contributed by atoms with E-state index >= 15 is 0 Å². The number of hydrogen-bond acceptors (Lipinski definition) is 3. The molecule has 5 nitrogen and oxygen atoms in total. The van der Waals surface area contributed by atoms with E-state index in [0.29, 0.717) is 5.56 Å². The number of nitrogens with zero attached hydrogens (tertiary/aromatic N) is 1. The molecule has 1 unspecified atom stereocenters. The maximum Gasteiger partial charge on any atom is 0.329 e. The third kappa shape index (κ3) is 3.18. The molecule has 21 heavy (non-hydrogen) atoms. The molecular weight excluding hydrogens is 280 g/mol. The quantitative estimate of drug-likeness (QED) is 0.906. The summed E-state index contributed by atoms with van der Waals surface area (Å²) in [6, 6.07) is 4.37. The van der Waals surface area contributed by atoms with E-state index in [0.717, 1.165) is 16.7 Å². The molecule has 2 rings (SSSR count). The van der Waals surface area contributed by atoms with Gasteiger partial charge in [-0.3, -0.25) is 14.3 Å². The van der Waals surface area contributed by atoms with Crippen molar-refractivity contribution in [1.82, 2.24) is 9.55 Å². The molecule has 0 saturated carbocycles. The first-order valence-electron chi connectivity index (χ1n) is 6.48. The second-order valence-corrected chi connectivity index (χ2v) is 4.61. The minimum Gasteiger partial charge on any atom is -0.365 e. The van der Waals surface area contributed by atoms with Crippen molar-refractivity contribution in [2.75, 3.05) is 5.32 Å². The molecule has 1 aromatic heterocycles. The normalized spacial score (nSPS) is 12.2. The predicted molar refractivity (Wildman–Crippen MR) is 75.4 cm³/mol. The van der Waals surface area contributed by atoms with E-state index in [2.05, 4.69) is 10.3 Å². The summed E-state index contributed by atoms with van der Waals surface area (Å²) in [5.74, 6) is -1.65. The molecule has 7 heteroatoms. The molecule has 2 aromatic rings. The van der Waals surface area contributed by atoms with Crippen molar-refractivity contribution in [3.63, 3.8) is 0 Å². The minimum atomic E-state index is -0.948. The standard InChI is InChI=1S/C14H15F2N3O2/c1-3-19-13(20)7-12(18-14(19)21)17-8(2)9-4-5-10(15)11(16)6-9/h4-8,17H,3H2,1-2H3,(H,18,21). The van der Waals surface area contributed by atoms with Gasteiger partial charge in [-0.2, -0.15) is 0 Å². The van der Waals surface area contributed by atoms with Gasteiger partial charge in [-0.25, -0.2) is 13.6 Å². The van der Waals surface area contributed by atoms with Crippen LogP contribution in [0.5, 0.6) is 0 Å². The van der Waals surface area contributed by atoms with Gasteiger partial charge in [0.1, 0.15) is 5.82 Å². The fourth-order valence-corrected chi connectivity index (χ4v) is 2.00. The Labute approximate surface area is 119 Å². The van der Waals surface area contributed by atoms with Gasteiger partial charge in [-0.15, -0.1) is 0 Å². The lowest BCUT2D eigenvalue weighted by molar-refractivity contribution is 0.506. The molecule has 1 aromatic carbocycles. The van der Waals surface area contributed by atoms with Crippen LogP contribution in [0.1, 0.15) is 25.5 Å². The highest BCUT2D eigenvalue weighted by Gasteiger charge is 2.10. The number of aromatic nitrogens is 2. The summed E-state index contributed by atoms with van der Waals surface area (Å²) in [6.45, 7) is 3.66. The number of H-pyrrole nitrogens is 1. The molecular formula is C14H15F2N3O2. The fraction of sp³-hybridized carbons (Fsp3) is 0.286. The van der Waals surface area contributed by atoms with Crippen LogP contribution in [0.4, 0.5) is 14.6 Å². The topological polar surface area (TPSA) is 66.9 Å². The number of benzene rings is 1. The summed E-state index contributed by atoms with van der Waals surface area (Å²) in [5.41, 5.74) is -0.458. The van der Waals surface area contributed by atoms with Crippen LogP contribution in [0.25, 0.3) is 0 Å². The van der Waals surface area contributed by atoms with Gasteiger partial charge in [-0.1, -0.05) is 6.07 Å². The van der Waals surface area contributed by atoms with Crippen molar-refractivity contribution in [1.29, 1.82) is 0 Å². The average Bonchev–Trinajstić information content (AvgIpc) is 2.41. The van der Waals surface area contributed by atoms with Gasteiger partial charge in [-0.05, 0) is 31.5 Å². The van der Waals surface area contributed by atoms with E-state index in [4.69, 9.17) is 0 Å². The van der Waals surface area contributed by atoms with Gasteiger partial charge in [0.2, 0.25) is 0 Å². The molecule has 0 aliphatic heterocycles. The SMILES string of the molecule is CCn1c(=O)cc(NC(C)c2ccc(F)c(F)c2)[nH]c1=O. The van der Waals surface area contributed by atoms with Gasteiger partial charge in [0.15, 0.2) is 11.6 Å². The Hall–Kier alpha value is -2.44. The van der Waals surface area contributed by atoms with E-state index in [1.165, 1.54) is 12.1 Å². The van der Waals surface area contributed by atoms with Crippen LogP contribution in [-0.2, 0) is 6.54 Å². The molecule has 0 aliphatic carbocycles. The lowest BCUT2D eigenvalue weighted by atomic mass is 10.1. The number of nitrogens with one attached hydrogen (secondary N) is 2. The number of halogens is 2. The van der Waals surface area contributed by atoms with E-state index in [-0.39, 0.29) is 12.4 Å². The van der Waals surface area contributed by atoms with Crippen molar-refractivity contribution < 1.29 is 8.78 Å². The first-order valence-corrected chi connectivity index (χ1v) is 6.48. The number of anilines is 1. The summed E-state index contributed by atoms with van der Waals surface area (Å²) in [6.07, 6.45) is 0. The van der Waals surface area contributed by atoms with Crippen molar-refractivity contribution in [3.05, 3.63) is 62.3 Å². The van der Waals surface area contributed by atoms with Gasteiger partial charge in [0.05, 0.1) is 0 Å². The molecule has 0 radical (unpaired) electrons. The number of rotatable bonds is 4. The number of aromatic amines is 1. The van der Waals surface area contributed by atoms with Crippen LogP contribution in [0.15, 0.2) is 33.9 Å². The molecule has 0 aliphatic rings. The fourth-order valence-electron chi connectivity index (χ4n) is 2.00. The Balaban J connectivity index is 2.27. The summed E-state index contributed by atoms with van der Waals surface area (Å²) in [7, 11) is 0. The van der Waals surface area contributed by atoms with E-state index in [9.17, 15) is 18.4 Å². The second kappa shape index (κ2) is 5.90. The average molecular weight is 295 g/mol. The lowest BCUT2D eigenvalue weighted by Crippen LogP contribution is -2.34. The van der Waals surface area contributed by atoms with E-state index < -0.39 is 28.9 Å². The Morgan fingerprint density at radius 1 is 1.24 bits per heavy atom. The summed E-state index contributed by atoms with van der Waals surface area (Å²) in [5, 5.41) is 2.88. The molecule has 0 fully saturated rings. The summed E-state index contributed by atoms with van der Waals surface area (Å²) < 4.78 is 27.1. The second-order valence-electron chi connectivity index (χ2n) is 4.61. The van der Waals surface area contributed by atoms with Gasteiger partial charge < -0.3 is 5.32 Å². The van der Waals surface area contributed by atoms with Crippen LogP contribution in [-0.4, -0.2) is 9.55 Å². The van der Waals surface area contributed by atoms with Crippen molar-refractivity contribution in [3.8, 4) is 0 Å². The molecule has 1 atom stereocenters. The zero-order valence-electron chi connectivity index (χ0n) is 11.6. The molecule has 0 bridgehead atoms. The summed E-state index contributed by atoms with van der Waals surface area (Å²) in [4.78, 5) is 25.9. The van der Waals surface area contributed by atoms with E-state index in [1.807, 2.05) is 0 Å². The molecule has 2 N–H and O–H groups in total. The lowest BCUT2D eigenvalue weighted by Gasteiger charge is -2.15. The number of hydrogen-bond donors (Lipinski definition) is 2. The van der Waals surface area contributed by atoms with Gasteiger partial charge >= 0.3 is 5.69 Å². The molecule has 0 amide bonds. The van der Waals surface area contributed by atoms with Crippen molar-refractivity contribution in [2.45, 2.75) is 26.4 Å². The third-order valence-electron chi connectivity index (χ3n) is 3.15.